The molecule has 0 saturated heterocycles. The number of likely N-dealkylation sites (N-methyl/N-ethyl adjacent to an activating group) is 1. The fourth-order valence-corrected chi connectivity index (χ4v) is 5.93. The third kappa shape index (κ3) is 37.0. The number of rotatable bonds is 35. The van der Waals surface area contributed by atoms with E-state index in [-0.39, 0.29) is 18.9 Å². The zero-order valence-electron chi connectivity index (χ0n) is 34.9. The second-order valence-electron chi connectivity index (χ2n) is 15.0. The molecule has 0 spiro atoms. The fourth-order valence-electron chi connectivity index (χ4n) is 5.19. The summed E-state index contributed by atoms with van der Waals surface area (Å²) in [5.74, 6) is -0.321. The molecule has 1 amide bonds. The molecule has 10 nitrogen and oxygen atoms in total. The summed E-state index contributed by atoms with van der Waals surface area (Å²) in [4.78, 5) is 23.0. The number of aliphatic hydroxyl groups is 3. The van der Waals surface area contributed by atoms with E-state index in [9.17, 15) is 29.6 Å². The van der Waals surface area contributed by atoms with E-state index in [1.165, 1.54) is 51.4 Å². The lowest BCUT2D eigenvalue weighted by Gasteiger charge is -2.25. The van der Waals surface area contributed by atoms with Gasteiger partial charge in [-0.15, -0.1) is 0 Å². The molecule has 0 radical (unpaired) electrons. The van der Waals surface area contributed by atoms with E-state index in [2.05, 4.69) is 19.2 Å². The van der Waals surface area contributed by atoms with Crippen LogP contribution in [0.3, 0.4) is 0 Å². The van der Waals surface area contributed by atoms with Crippen LogP contribution < -0.4 is 5.32 Å². The minimum Gasteiger partial charge on any atom is -0.389 e. The van der Waals surface area contributed by atoms with Crippen molar-refractivity contribution < 1.29 is 43.1 Å². The summed E-state index contributed by atoms with van der Waals surface area (Å²) in [7, 11) is 1.42. The van der Waals surface area contributed by atoms with Crippen molar-refractivity contribution in [3.8, 4) is 0 Å². The van der Waals surface area contributed by atoms with Crippen LogP contribution in [0.2, 0.25) is 0 Å². The first-order valence-electron chi connectivity index (χ1n) is 20.7. The lowest BCUT2D eigenvalue weighted by molar-refractivity contribution is -0.870. The van der Waals surface area contributed by atoms with E-state index in [1.807, 2.05) is 75.8 Å². The average Bonchev–Trinajstić information content (AvgIpc) is 3.12. The molecule has 0 aromatic carbocycles. The van der Waals surface area contributed by atoms with Crippen molar-refractivity contribution in [1.29, 1.82) is 0 Å². The Labute approximate surface area is 334 Å². The number of carbonyl (C=O) groups excluding carboxylic acids is 1. The van der Waals surface area contributed by atoms with Crippen molar-refractivity contribution in [3.05, 3.63) is 85.1 Å². The van der Waals surface area contributed by atoms with Crippen LogP contribution in [0.15, 0.2) is 85.1 Å². The summed E-state index contributed by atoms with van der Waals surface area (Å²) in [6.07, 6.45) is 40.1. The largest absolute Gasteiger partial charge is 0.472 e. The molecule has 316 valence electrons. The zero-order valence-corrected chi connectivity index (χ0v) is 35.7. The molecule has 0 fully saturated rings. The third-order valence-corrected chi connectivity index (χ3v) is 9.53. The monoisotopic (exact) mass is 794 g/mol. The predicted molar refractivity (Wildman–Crippen MR) is 228 cm³/mol. The minimum absolute atomic E-state index is 0.0188. The molecule has 0 aromatic heterocycles. The fraction of sp³-hybridized carbons (Fsp3) is 0.659. The molecular formula is C44H78N2O8P+. The molecule has 5 atom stereocenters. The van der Waals surface area contributed by atoms with Gasteiger partial charge in [0.1, 0.15) is 13.2 Å². The van der Waals surface area contributed by atoms with Gasteiger partial charge in [-0.25, -0.2) is 4.57 Å². The highest BCUT2D eigenvalue weighted by Crippen LogP contribution is 2.43. The smallest absolute Gasteiger partial charge is 0.389 e. The van der Waals surface area contributed by atoms with E-state index in [0.29, 0.717) is 30.3 Å². The summed E-state index contributed by atoms with van der Waals surface area (Å²) in [6, 6.07) is -0.938. The highest BCUT2D eigenvalue weighted by atomic mass is 31.2. The number of hydrogen-bond donors (Lipinski definition) is 5. The first kappa shape index (κ1) is 52.6. The van der Waals surface area contributed by atoms with Gasteiger partial charge in [-0.3, -0.25) is 13.8 Å². The van der Waals surface area contributed by atoms with Crippen molar-refractivity contribution in [2.75, 3.05) is 40.9 Å². The van der Waals surface area contributed by atoms with Gasteiger partial charge < -0.3 is 30.0 Å². The highest BCUT2D eigenvalue weighted by Gasteiger charge is 2.27. The number of aliphatic hydroxyl groups excluding tert-OH is 3. The van der Waals surface area contributed by atoms with Crippen LogP contribution in [0.25, 0.3) is 0 Å². The molecule has 0 aliphatic carbocycles. The third-order valence-electron chi connectivity index (χ3n) is 8.55. The Bertz CT molecular complexity index is 1200. The SMILES string of the molecule is CC/C=C\C[C@H](O)/C=C/C=C\C/C=C\C=C\[C@H](O)/C=C\CCCC(=O)N[C@@H](COP(=O)(O)OCC[N+](C)(C)C)[C@H](O)/C=C/CCCCCCCCCCCC. The molecule has 55 heavy (non-hydrogen) atoms. The quantitative estimate of drug-likeness (QED) is 0.0141. The van der Waals surface area contributed by atoms with Gasteiger partial charge in [0.2, 0.25) is 5.91 Å². The summed E-state index contributed by atoms with van der Waals surface area (Å²) in [5, 5.41) is 33.7. The van der Waals surface area contributed by atoms with Gasteiger partial charge in [0.25, 0.3) is 0 Å². The van der Waals surface area contributed by atoms with Gasteiger partial charge in [-0.1, -0.05) is 157 Å². The molecule has 1 unspecified atom stereocenters. The van der Waals surface area contributed by atoms with E-state index < -0.39 is 38.8 Å². The Hall–Kier alpha value is -2.40. The van der Waals surface area contributed by atoms with Crippen LogP contribution >= 0.6 is 7.82 Å². The molecule has 0 rings (SSSR count). The van der Waals surface area contributed by atoms with Crippen LogP contribution in [0, 0.1) is 0 Å². The summed E-state index contributed by atoms with van der Waals surface area (Å²) in [6.45, 7) is 4.42. The van der Waals surface area contributed by atoms with Gasteiger partial charge in [-0.05, 0) is 44.9 Å². The topological polar surface area (TPSA) is 146 Å². The van der Waals surface area contributed by atoms with Crippen LogP contribution in [0.4, 0.5) is 0 Å². The molecule has 0 aromatic rings. The number of nitrogens with one attached hydrogen (secondary N) is 1. The minimum atomic E-state index is -4.39. The maximum absolute atomic E-state index is 12.8. The van der Waals surface area contributed by atoms with Crippen molar-refractivity contribution in [2.45, 2.75) is 147 Å². The van der Waals surface area contributed by atoms with Gasteiger partial charge in [0.05, 0.1) is 52.1 Å². The van der Waals surface area contributed by atoms with Crippen molar-refractivity contribution in [3.63, 3.8) is 0 Å². The number of hydrogen-bond acceptors (Lipinski definition) is 7. The summed E-state index contributed by atoms with van der Waals surface area (Å²) in [5.41, 5.74) is 0. The van der Waals surface area contributed by atoms with E-state index >= 15 is 0 Å². The molecule has 0 aliphatic heterocycles. The highest BCUT2D eigenvalue weighted by molar-refractivity contribution is 7.47. The average molecular weight is 794 g/mol. The summed E-state index contributed by atoms with van der Waals surface area (Å²) < 4.78 is 23.4. The van der Waals surface area contributed by atoms with Gasteiger partial charge >= 0.3 is 7.82 Å². The molecule has 5 N–H and O–H groups in total. The van der Waals surface area contributed by atoms with E-state index in [1.54, 1.807) is 30.4 Å². The number of allylic oxidation sites excluding steroid dienone is 9. The normalized spacial score (nSPS) is 16.5. The number of phosphoric acid groups is 1. The number of unbranched alkanes of at least 4 members (excludes halogenated alkanes) is 11. The predicted octanol–water partition coefficient (Wildman–Crippen LogP) is 8.96. The Morgan fingerprint density at radius 3 is 1.95 bits per heavy atom. The molecule has 0 saturated carbocycles. The van der Waals surface area contributed by atoms with Gasteiger partial charge in [0, 0.05) is 6.42 Å². The van der Waals surface area contributed by atoms with Crippen LogP contribution in [-0.4, -0.2) is 95.9 Å². The number of amides is 1. The molecule has 0 bridgehead atoms. The molecule has 0 heterocycles. The Morgan fingerprint density at radius 1 is 0.709 bits per heavy atom. The van der Waals surface area contributed by atoms with E-state index in [4.69, 9.17) is 9.05 Å². The van der Waals surface area contributed by atoms with Gasteiger partial charge in [0.15, 0.2) is 0 Å². The van der Waals surface area contributed by atoms with Crippen LogP contribution in [0.1, 0.15) is 123 Å². The maximum Gasteiger partial charge on any atom is 0.472 e. The first-order chi connectivity index (χ1) is 26.3. The second kappa shape index (κ2) is 34.8. The first-order valence-corrected chi connectivity index (χ1v) is 22.2. The lowest BCUT2D eigenvalue weighted by Crippen LogP contribution is -2.45. The molecular weight excluding hydrogens is 715 g/mol. The number of nitrogens with zero attached hydrogens (tertiary/aromatic N) is 1. The Morgan fingerprint density at radius 2 is 1.31 bits per heavy atom. The van der Waals surface area contributed by atoms with Crippen molar-refractivity contribution in [2.24, 2.45) is 0 Å². The molecule has 11 heteroatoms. The Balaban J connectivity index is 4.77. The number of carbonyl (C=O) groups is 1. The van der Waals surface area contributed by atoms with Gasteiger partial charge in [-0.2, -0.15) is 0 Å². The van der Waals surface area contributed by atoms with E-state index in [0.717, 1.165) is 32.1 Å². The second-order valence-corrected chi connectivity index (χ2v) is 16.5. The van der Waals surface area contributed by atoms with Crippen molar-refractivity contribution in [1.82, 2.24) is 5.32 Å². The lowest BCUT2D eigenvalue weighted by atomic mass is 10.1. The summed E-state index contributed by atoms with van der Waals surface area (Å²) >= 11 is 0. The van der Waals surface area contributed by atoms with Crippen molar-refractivity contribution >= 4 is 13.7 Å². The Kier molecular flexibility index (Phi) is 33.3. The number of quaternary nitrogens is 1. The van der Waals surface area contributed by atoms with Crippen LogP contribution in [-0.2, 0) is 18.4 Å². The number of phosphoric ester groups is 1. The standard InChI is InChI=1S/C44H77N2O8P/c1-6-8-10-11-12-13-14-15-16-20-23-29-35-43(49)42(39-54-55(51,52)53-38-37-46(3,4)5)45-44(50)36-30-24-28-34-41(48)33-27-22-19-17-18-21-26-32-40(47)31-25-9-7-2/h9,18-19,21-22,25-29,32-35,40-43,47-49H,6-8,10-17,20,23-24,30-31,36-39H2,1-5H3,(H-,45,50,51,52)/p+1/b21-18-,22-19-,25-9-,32-26+,33-27+,34-28-,35-29+/t40-,41-,42-,43+/m0/s1. The maximum atomic E-state index is 12.8. The molecule has 0 aliphatic rings. The van der Waals surface area contributed by atoms with Crippen LogP contribution in [0.5, 0.6) is 0 Å². The zero-order chi connectivity index (χ0) is 41.0.